The number of carbonyl (C=O) groups is 1. The quantitative estimate of drug-likeness (QED) is 0.912. The minimum atomic E-state index is -0.262. The van der Waals surface area contributed by atoms with Crippen molar-refractivity contribution in [3.8, 4) is 5.75 Å². The number of nitrogens with one attached hydrogen (secondary N) is 1. The fourth-order valence-corrected chi connectivity index (χ4v) is 3.76. The largest absolute Gasteiger partial charge is 0.487 e. The first-order chi connectivity index (χ1) is 10.8. The van der Waals surface area contributed by atoms with Gasteiger partial charge in [-0.2, -0.15) is 0 Å². The molecule has 2 unspecified atom stereocenters. The van der Waals surface area contributed by atoms with E-state index in [0.717, 1.165) is 43.7 Å². The third kappa shape index (κ3) is 3.69. The van der Waals surface area contributed by atoms with Crippen LogP contribution in [0.5, 0.6) is 5.75 Å². The van der Waals surface area contributed by atoms with Gasteiger partial charge in [0.15, 0.2) is 0 Å². The second-order valence-electron chi connectivity index (χ2n) is 7.77. The minimum absolute atomic E-state index is 0.0362. The Hall–Kier alpha value is -1.55. The van der Waals surface area contributed by atoms with E-state index in [1.807, 2.05) is 0 Å². The summed E-state index contributed by atoms with van der Waals surface area (Å²) in [6, 6.07) is 6.30. The summed E-state index contributed by atoms with van der Waals surface area (Å²) >= 11 is 0. The molecule has 2 aliphatic rings. The number of likely N-dealkylation sites (tertiary alicyclic amines) is 1. The zero-order valence-electron chi connectivity index (χ0n) is 14.7. The Morgan fingerprint density at radius 1 is 1.39 bits per heavy atom. The summed E-state index contributed by atoms with van der Waals surface area (Å²) in [5.74, 6) is 1.20. The van der Waals surface area contributed by atoms with Crippen molar-refractivity contribution in [2.75, 3.05) is 20.1 Å². The first-order valence-corrected chi connectivity index (χ1v) is 8.62. The number of rotatable bonds is 2. The van der Waals surface area contributed by atoms with Gasteiger partial charge in [-0.1, -0.05) is 12.1 Å². The lowest BCUT2D eigenvalue weighted by atomic mass is 9.88. The van der Waals surface area contributed by atoms with Crippen LogP contribution in [-0.4, -0.2) is 36.5 Å². The Morgan fingerprint density at radius 2 is 2.17 bits per heavy atom. The van der Waals surface area contributed by atoms with Crippen LogP contribution in [0.2, 0.25) is 0 Å². The molecule has 2 heterocycles. The maximum absolute atomic E-state index is 12.7. The lowest BCUT2D eigenvalue weighted by Gasteiger charge is -2.39. The molecule has 4 nitrogen and oxygen atoms in total. The standard InChI is InChI=1S/C19H28N2O2/c1-13-7-8-15-16(11-19(2,3)23-17(15)10-13)20-18(22)14-6-5-9-21(4)12-14/h7-8,10,14,16H,5-6,9,11-12H2,1-4H3,(H,20,22). The van der Waals surface area contributed by atoms with Gasteiger partial charge in [-0.25, -0.2) is 0 Å². The Kier molecular flexibility index (Phi) is 4.37. The number of piperidine rings is 1. The average molecular weight is 316 g/mol. The Labute approximate surface area is 139 Å². The van der Waals surface area contributed by atoms with E-state index in [4.69, 9.17) is 4.74 Å². The molecule has 23 heavy (non-hydrogen) atoms. The topological polar surface area (TPSA) is 41.6 Å². The molecule has 1 N–H and O–H groups in total. The van der Waals surface area contributed by atoms with Crippen LogP contribution < -0.4 is 10.1 Å². The molecule has 1 aromatic rings. The first-order valence-electron chi connectivity index (χ1n) is 8.62. The molecule has 0 saturated carbocycles. The van der Waals surface area contributed by atoms with E-state index in [1.165, 1.54) is 5.56 Å². The molecule has 1 amide bonds. The van der Waals surface area contributed by atoms with E-state index >= 15 is 0 Å². The van der Waals surface area contributed by atoms with Crippen molar-refractivity contribution in [2.24, 2.45) is 5.92 Å². The van der Waals surface area contributed by atoms with E-state index in [0.29, 0.717) is 0 Å². The predicted octanol–water partition coefficient (Wildman–Crippen LogP) is 3.06. The number of aryl methyl sites for hydroxylation is 1. The molecule has 126 valence electrons. The van der Waals surface area contributed by atoms with Crippen molar-refractivity contribution in [3.63, 3.8) is 0 Å². The van der Waals surface area contributed by atoms with Crippen molar-refractivity contribution >= 4 is 5.91 Å². The van der Waals surface area contributed by atoms with Gasteiger partial charge in [-0.15, -0.1) is 0 Å². The highest BCUT2D eigenvalue weighted by Crippen LogP contribution is 2.40. The van der Waals surface area contributed by atoms with E-state index in [9.17, 15) is 4.79 Å². The summed E-state index contributed by atoms with van der Waals surface area (Å²) in [4.78, 5) is 15.0. The van der Waals surface area contributed by atoms with Gasteiger partial charge in [0.1, 0.15) is 11.4 Å². The Balaban J connectivity index is 1.78. The minimum Gasteiger partial charge on any atom is -0.487 e. The molecule has 0 radical (unpaired) electrons. The Bertz CT molecular complexity index is 597. The number of fused-ring (bicyclic) bond motifs is 1. The number of ether oxygens (including phenoxy) is 1. The molecule has 2 aliphatic heterocycles. The molecule has 0 aromatic heterocycles. The molecule has 2 atom stereocenters. The maximum Gasteiger partial charge on any atom is 0.224 e. The monoisotopic (exact) mass is 316 g/mol. The summed E-state index contributed by atoms with van der Waals surface area (Å²) < 4.78 is 6.11. The highest BCUT2D eigenvalue weighted by molar-refractivity contribution is 5.79. The van der Waals surface area contributed by atoms with Gasteiger partial charge in [0.25, 0.3) is 0 Å². The van der Waals surface area contributed by atoms with Crippen LogP contribution in [0.25, 0.3) is 0 Å². The van der Waals surface area contributed by atoms with E-state index in [-0.39, 0.29) is 23.5 Å². The van der Waals surface area contributed by atoms with Crippen molar-refractivity contribution in [2.45, 2.75) is 51.7 Å². The lowest BCUT2D eigenvalue weighted by Crippen LogP contribution is -2.46. The summed E-state index contributed by atoms with van der Waals surface area (Å²) in [6.45, 7) is 8.20. The van der Waals surface area contributed by atoms with Gasteiger partial charge >= 0.3 is 0 Å². The van der Waals surface area contributed by atoms with E-state index in [1.54, 1.807) is 0 Å². The van der Waals surface area contributed by atoms with Crippen molar-refractivity contribution < 1.29 is 9.53 Å². The number of nitrogens with zero attached hydrogens (tertiary/aromatic N) is 1. The molecule has 0 aliphatic carbocycles. The summed E-state index contributed by atoms with van der Waals surface area (Å²) in [5.41, 5.74) is 2.02. The smallest absolute Gasteiger partial charge is 0.224 e. The highest BCUT2D eigenvalue weighted by Gasteiger charge is 2.36. The Morgan fingerprint density at radius 3 is 2.91 bits per heavy atom. The van der Waals surface area contributed by atoms with Gasteiger partial charge in [-0.05, 0) is 58.8 Å². The summed E-state index contributed by atoms with van der Waals surface area (Å²) in [6.07, 6.45) is 2.89. The predicted molar refractivity (Wildman–Crippen MR) is 91.6 cm³/mol. The SMILES string of the molecule is Cc1ccc2c(c1)OC(C)(C)CC2NC(=O)C1CCCN(C)C1. The fourth-order valence-electron chi connectivity index (χ4n) is 3.76. The van der Waals surface area contributed by atoms with E-state index < -0.39 is 0 Å². The molecule has 0 spiro atoms. The number of hydrogen-bond acceptors (Lipinski definition) is 3. The number of benzene rings is 1. The third-order valence-corrected chi connectivity index (χ3v) is 4.94. The average Bonchev–Trinajstić information content (AvgIpc) is 2.45. The fraction of sp³-hybridized carbons (Fsp3) is 0.632. The van der Waals surface area contributed by atoms with Crippen LogP contribution >= 0.6 is 0 Å². The molecule has 1 fully saturated rings. The number of amides is 1. The molecular weight excluding hydrogens is 288 g/mol. The van der Waals surface area contributed by atoms with Crippen LogP contribution in [-0.2, 0) is 4.79 Å². The lowest BCUT2D eigenvalue weighted by molar-refractivity contribution is -0.127. The molecule has 1 aromatic carbocycles. The highest BCUT2D eigenvalue weighted by atomic mass is 16.5. The molecular formula is C19H28N2O2. The van der Waals surface area contributed by atoms with Crippen LogP contribution in [0.3, 0.4) is 0 Å². The number of carbonyl (C=O) groups excluding carboxylic acids is 1. The van der Waals surface area contributed by atoms with Crippen LogP contribution in [0.4, 0.5) is 0 Å². The van der Waals surface area contributed by atoms with Crippen molar-refractivity contribution in [1.82, 2.24) is 10.2 Å². The number of hydrogen-bond donors (Lipinski definition) is 1. The molecule has 0 bridgehead atoms. The summed E-state index contributed by atoms with van der Waals surface area (Å²) in [7, 11) is 2.09. The van der Waals surface area contributed by atoms with Gasteiger partial charge in [-0.3, -0.25) is 4.79 Å². The third-order valence-electron chi connectivity index (χ3n) is 4.94. The van der Waals surface area contributed by atoms with Gasteiger partial charge < -0.3 is 15.0 Å². The summed E-state index contributed by atoms with van der Waals surface area (Å²) in [5, 5.41) is 3.29. The van der Waals surface area contributed by atoms with E-state index in [2.05, 4.69) is 56.2 Å². The van der Waals surface area contributed by atoms with Gasteiger partial charge in [0.2, 0.25) is 5.91 Å². The van der Waals surface area contributed by atoms with Gasteiger partial charge in [0.05, 0.1) is 12.0 Å². The van der Waals surface area contributed by atoms with Crippen molar-refractivity contribution in [1.29, 1.82) is 0 Å². The normalized spacial score (nSPS) is 27.0. The maximum atomic E-state index is 12.7. The van der Waals surface area contributed by atoms with Crippen LogP contribution in [0, 0.1) is 12.8 Å². The second-order valence-corrected chi connectivity index (χ2v) is 7.77. The zero-order chi connectivity index (χ0) is 16.6. The van der Waals surface area contributed by atoms with Gasteiger partial charge in [0, 0.05) is 18.5 Å². The molecule has 4 heteroatoms. The molecule has 3 rings (SSSR count). The van der Waals surface area contributed by atoms with Crippen LogP contribution in [0.15, 0.2) is 18.2 Å². The second kappa shape index (κ2) is 6.16. The zero-order valence-corrected chi connectivity index (χ0v) is 14.7. The molecule has 1 saturated heterocycles. The first kappa shape index (κ1) is 16.3. The van der Waals surface area contributed by atoms with Crippen molar-refractivity contribution in [3.05, 3.63) is 29.3 Å². The van der Waals surface area contributed by atoms with Crippen LogP contribution in [0.1, 0.15) is 50.3 Å².